The molecule has 0 aliphatic rings. The SMILES string of the molecule is CCC(CC)NC(=O)c1ccnc2ccccc12. The van der Waals surface area contributed by atoms with Gasteiger partial charge in [-0.05, 0) is 25.0 Å². The standard InChI is InChI=1S/C15H18N2O/c1-3-11(4-2)17-15(18)13-9-10-16-14-8-6-5-7-12(13)14/h5-11H,3-4H2,1-2H3,(H,17,18). The Hall–Kier alpha value is -1.90. The van der Waals surface area contributed by atoms with Crippen molar-refractivity contribution in [3.8, 4) is 0 Å². The highest BCUT2D eigenvalue weighted by Gasteiger charge is 2.13. The van der Waals surface area contributed by atoms with Crippen LogP contribution in [0.25, 0.3) is 10.9 Å². The third-order valence-corrected chi connectivity index (χ3v) is 3.21. The average Bonchev–Trinajstić information content (AvgIpc) is 2.43. The first-order valence-corrected chi connectivity index (χ1v) is 6.40. The van der Waals surface area contributed by atoms with E-state index in [1.54, 1.807) is 12.3 Å². The Morgan fingerprint density at radius 3 is 2.67 bits per heavy atom. The normalized spacial score (nSPS) is 10.8. The Morgan fingerprint density at radius 2 is 1.94 bits per heavy atom. The van der Waals surface area contributed by atoms with Gasteiger partial charge in [0.15, 0.2) is 0 Å². The topological polar surface area (TPSA) is 42.0 Å². The first kappa shape index (κ1) is 12.6. The maximum Gasteiger partial charge on any atom is 0.252 e. The second kappa shape index (κ2) is 5.63. The molecule has 0 aliphatic heterocycles. The van der Waals surface area contributed by atoms with Gasteiger partial charge >= 0.3 is 0 Å². The van der Waals surface area contributed by atoms with E-state index in [9.17, 15) is 4.79 Å². The minimum absolute atomic E-state index is 0.0118. The van der Waals surface area contributed by atoms with Crippen LogP contribution in [0.4, 0.5) is 0 Å². The Bertz CT molecular complexity index is 542. The Labute approximate surface area is 107 Å². The Kier molecular flexibility index (Phi) is 3.92. The van der Waals surface area contributed by atoms with Crippen LogP contribution in [-0.2, 0) is 0 Å². The second-order valence-electron chi connectivity index (χ2n) is 4.36. The van der Waals surface area contributed by atoms with Gasteiger partial charge in [0.05, 0.1) is 11.1 Å². The number of para-hydroxylation sites is 1. The first-order chi connectivity index (χ1) is 8.76. The predicted molar refractivity (Wildman–Crippen MR) is 73.6 cm³/mol. The van der Waals surface area contributed by atoms with E-state index in [0.29, 0.717) is 5.56 Å². The number of carbonyl (C=O) groups excluding carboxylic acids is 1. The van der Waals surface area contributed by atoms with Crippen LogP contribution in [-0.4, -0.2) is 16.9 Å². The number of nitrogens with zero attached hydrogens (tertiary/aromatic N) is 1. The highest BCUT2D eigenvalue weighted by atomic mass is 16.1. The van der Waals surface area contributed by atoms with Crippen molar-refractivity contribution >= 4 is 16.8 Å². The van der Waals surface area contributed by atoms with Crippen molar-refractivity contribution in [2.24, 2.45) is 0 Å². The smallest absolute Gasteiger partial charge is 0.252 e. The molecule has 1 aromatic carbocycles. The Morgan fingerprint density at radius 1 is 1.22 bits per heavy atom. The summed E-state index contributed by atoms with van der Waals surface area (Å²) in [4.78, 5) is 16.5. The van der Waals surface area contributed by atoms with Crippen molar-refractivity contribution in [1.82, 2.24) is 10.3 Å². The molecular weight excluding hydrogens is 224 g/mol. The fourth-order valence-corrected chi connectivity index (χ4v) is 2.05. The fraction of sp³-hybridized carbons (Fsp3) is 0.333. The van der Waals surface area contributed by atoms with Crippen molar-refractivity contribution in [2.45, 2.75) is 32.7 Å². The number of carbonyl (C=O) groups is 1. The molecule has 0 saturated heterocycles. The van der Waals surface area contributed by atoms with Crippen LogP contribution in [0, 0.1) is 0 Å². The van der Waals surface area contributed by atoms with Crippen LogP contribution in [0.15, 0.2) is 36.5 Å². The molecule has 0 bridgehead atoms. The van der Waals surface area contributed by atoms with Crippen molar-refractivity contribution in [3.63, 3.8) is 0 Å². The molecule has 18 heavy (non-hydrogen) atoms. The van der Waals surface area contributed by atoms with E-state index >= 15 is 0 Å². The molecule has 2 aromatic rings. The zero-order chi connectivity index (χ0) is 13.0. The number of hydrogen-bond acceptors (Lipinski definition) is 2. The van der Waals surface area contributed by atoms with Crippen molar-refractivity contribution < 1.29 is 4.79 Å². The van der Waals surface area contributed by atoms with Crippen LogP contribution in [0.1, 0.15) is 37.0 Å². The summed E-state index contributed by atoms with van der Waals surface area (Å²) in [6, 6.07) is 9.73. The number of hydrogen-bond donors (Lipinski definition) is 1. The molecule has 3 nitrogen and oxygen atoms in total. The van der Waals surface area contributed by atoms with Gasteiger partial charge in [-0.25, -0.2) is 0 Å². The van der Waals surface area contributed by atoms with Crippen LogP contribution < -0.4 is 5.32 Å². The van der Waals surface area contributed by atoms with E-state index in [1.807, 2.05) is 24.3 Å². The quantitative estimate of drug-likeness (QED) is 0.894. The number of rotatable bonds is 4. The monoisotopic (exact) mass is 242 g/mol. The maximum absolute atomic E-state index is 12.2. The lowest BCUT2D eigenvalue weighted by Crippen LogP contribution is -2.33. The number of benzene rings is 1. The lowest BCUT2D eigenvalue weighted by molar-refractivity contribution is 0.0936. The molecule has 0 saturated carbocycles. The fourth-order valence-electron chi connectivity index (χ4n) is 2.05. The van der Waals surface area contributed by atoms with Gasteiger partial charge in [-0.3, -0.25) is 9.78 Å². The second-order valence-corrected chi connectivity index (χ2v) is 4.36. The third-order valence-electron chi connectivity index (χ3n) is 3.21. The van der Waals surface area contributed by atoms with Gasteiger partial charge < -0.3 is 5.32 Å². The number of nitrogens with one attached hydrogen (secondary N) is 1. The molecule has 1 N–H and O–H groups in total. The van der Waals surface area contributed by atoms with E-state index in [-0.39, 0.29) is 11.9 Å². The minimum atomic E-state index is -0.0118. The van der Waals surface area contributed by atoms with Crippen molar-refractivity contribution in [2.75, 3.05) is 0 Å². The number of aromatic nitrogens is 1. The molecule has 0 unspecified atom stereocenters. The zero-order valence-corrected chi connectivity index (χ0v) is 10.8. The molecule has 0 fully saturated rings. The molecule has 1 heterocycles. The summed E-state index contributed by atoms with van der Waals surface area (Å²) in [6.07, 6.45) is 3.58. The molecular formula is C15H18N2O. The molecule has 0 spiro atoms. The number of fused-ring (bicyclic) bond motifs is 1. The maximum atomic E-state index is 12.2. The zero-order valence-electron chi connectivity index (χ0n) is 10.8. The lowest BCUT2D eigenvalue weighted by atomic mass is 10.1. The minimum Gasteiger partial charge on any atom is -0.349 e. The highest BCUT2D eigenvalue weighted by Crippen LogP contribution is 2.16. The van der Waals surface area contributed by atoms with Crippen molar-refractivity contribution in [1.29, 1.82) is 0 Å². The predicted octanol–water partition coefficient (Wildman–Crippen LogP) is 3.15. The molecule has 0 radical (unpaired) electrons. The molecule has 0 atom stereocenters. The summed E-state index contributed by atoms with van der Waals surface area (Å²) in [5, 5.41) is 3.96. The van der Waals surface area contributed by atoms with Crippen LogP contribution >= 0.6 is 0 Å². The summed E-state index contributed by atoms with van der Waals surface area (Å²) in [5.74, 6) is -0.0118. The third kappa shape index (κ3) is 2.50. The Balaban J connectivity index is 2.33. The van der Waals surface area contributed by atoms with Crippen molar-refractivity contribution in [3.05, 3.63) is 42.1 Å². The van der Waals surface area contributed by atoms with Gasteiger partial charge in [0.25, 0.3) is 5.91 Å². The molecule has 1 aromatic heterocycles. The summed E-state index contributed by atoms with van der Waals surface area (Å²) in [7, 11) is 0. The van der Waals surface area contributed by atoms with Crippen LogP contribution in [0.2, 0.25) is 0 Å². The van der Waals surface area contributed by atoms with Gasteiger partial charge in [0.1, 0.15) is 0 Å². The van der Waals surface area contributed by atoms with Gasteiger partial charge in [0.2, 0.25) is 0 Å². The summed E-state index contributed by atoms with van der Waals surface area (Å²) in [5.41, 5.74) is 1.56. The number of pyridine rings is 1. The summed E-state index contributed by atoms with van der Waals surface area (Å²) >= 11 is 0. The summed E-state index contributed by atoms with van der Waals surface area (Å²) in [6.45, 7) is 4.16. The van der Waals surface area contributed by atoms with Gasteiger partial charge in [-0.1, -0.05) is 32.0 Å². The highest BCUT2D eigenvalue weighted by molar-refractivity contribution is 6.06. The molecule has 0 aliphatic carbocycles. The van der Waals surface area contributed by atoms with Gasteiger partial charge in [-0.2, -0.15) is 0 Å². The average molecular weight is 242 g/mol. The van der Waals surface area contributed by atoms with E-state index in [4.69, 9.17) is 0 Å². The van der Waals surface area contributed by atoms with Gasteiger partial charge in [0, 0.05) is 17.6 Å². The van der Waals surface area contributed by atoms with Gasteiger partial charge in [-0.15, -0.1) is 0 Å². The molecule has 3 heteroatoms. The van der Waals surface area contributed by atoms with Crippen LogP contribution in [0.5, 0.6) is 0 Å². The van der Waals surface area contributed by atoms with E-state index in [2.05, 4.69) is 24.1 Å². The van der Waals surface area contributed by atoms with E-state index in [0.717, 1.165) is 23.7 Å². The van der Waals surface area contributed by atoms with E-state index < -0.39 is 0 Å². The molecule has 1 amide bonds. The van der Waals surface area contributed by atoms with Crippen LogP contribution in [0.3, 0.4) is 0 Å². The molecule has 2 rings (SSSR count). The summed E-state index contributed by atoms with van der Waals surface area (Å²) < 4.78 is 0. The molecule has 94 valence electrons. The number of amides is 1. The first-order valence-electron chi connectivity index (χ1n) is 6.40. The largest absolute Gasteiger partial charge is 0.349 e. The van der Waals surface area contributed by atoms with E-state index in [1.165, 1.54) is 0 Å². The lowest BCUT2D eigenvalue weighted by Gasteiger charge is -2.15.